The van der Waals surface area contributed by atoms with Crippen molar-refractivity contribution in [3.05, 3.63) is 69.7 Å². The first-order chi connectivity index (χ1) is 11.5. The van der Waals surface area contributed by atoms with Crippen molar-refractivity contribution in [1.82, 2.24) is 4.57 Å². The van der Waals surface area contributed by atoms with E-state index in [0.717, 1.165) is 5.56 Å². The van der Waals surface area contributed by atoms with Crippen molar-refractivity contribution in [2.45, 2.75) is 13.5 Å². The lowest BCUT2D eigenvalue weighted by molar-refractivity contribution is 0.0600. The molecule has 0 bridgehead atoms. The van der Waals surface area contributed by atoms with Crippen molar-refractivity contribution in [2.24, 2.45) is 0 Å². The Kier molecular flexibility index (Phi) is 4.04. The van der Waals surface area contributed by atoms with Crippen LogP contribution in [0, 0.1) is 0 Å². The molecule has 24 heavy (non-hydrogen) atoms. The fraction of sp³-hybridized carbons (Fsp3) is 0.167. The summed E-state index contributed by atoms with van der Waals surface area (Å²) in [6, 6.07) is 11.7. The summed E-state index contributed by atoms with van der Waals surface area (Å²) >= 11 is 0. The van der Waals surface area contributed by atoms with Gasteiger partial charge < -0.3 is 9.15 Å². The summed E-state index contributed by atoms with van der Waals surface area (Å²) in [7, 11) is 1.32. The van der Waals surface area contributed by atoms with Gasteiger partial charge in [0.1, 0.15) is 0 Å². The Morgan fingerprint density at radius 3 is 2.62 bits per heavy atom. The highest BCUT2D eigenvalue weighted by molar-refractivity contribution is 5.96. The maximum Gasteiger partial charge on any atom is 0.420 e. The second-order valence-corrected chi connectivity index (χ2v) is 5.38. The van der Waals surface area contributed by atoms with E-state index < -0.39 is 11.7 Å². The van der Waals surface area contributed by atoms with E-state index in [4.69, 9.17) is 9.15 Å². The van der Waals surface area contributed by atoms with Crippen molar-refractivity contribution >= 4 is 22.9 Å². The van der Waals surface area contributed by atoms with Gasteiger partial charge in [-0.25, -0.2) is 9.59 Å². The summed E-state index contributed by atoms with van der Waals surface area (Å²) < 4.78 is 11.4. The quantitative estimate of drug-likeness (QED) is 0.544. The second kappa shape index (κ2) is 6.16. The van der Waals surface area contributed by atoms with Gasteiger partial charge in [-0.1, -0.05) is 12.1 Å². The lowest BCUT2D eigenvalue weighted by Gasteiger charge is -2.05. The van der Waals surface area contributed by atoms with Crippen LogP contribution in [-0.4, -0.2) is 23.4 Å². The van der Waals surface area contributed by atoms with E-state index in [1.165, 1.54) is 18.6 Å². The zero-order valence-electron chi connectivity index (χ0n) is 13.2. The number of carbonyl (C=O) groups excluding carboxylic acids is 2. The Morgan fingerprint density at radius 1 is 1.12 bits per heavy atom. The van der Waals surface area contributed by atoms with Gasteiger partial charge in [-0.3, -0.25) is 9.36 Å². The highest BCUT2D eigenvalue weighted by atomic mass is 16.5. The summed E-state index contributed by atoms with van der Waals surface area (Å²) in [5.41, 5.74) is 2.61. The van der Waals surface area contributed by atoms with E-state index in [-0.39, 0.29) is 12.3 Å². The van der Waals surface area contributed by atoms with E-state index in [9.17, 15) is 14.4 Å². The Bertz CT molecular complexity index is 996. The number of hydrogen-bond donors (Lipinski definition) is 0. The van der Waals surface area contributed by atoms with Gasteiger partial charge in [0.05, 0.1) is 24.7 Å². The number of nitrogens with zero attached hydrogens (tertiary/aromatic N) is 1. The summed E-state index contributed by atoms with van der Waals surface area (Å²) in [4.78, 5) is 35.2. The van der Waals surface area contributed by atoms with E-state index in [1.54, 1.807) is 36.4 Å². The molecule has 1 heterocycles. The number of Topliss-reactive ketones (excluding diaryl/α,β-unsaturated/α-hetero) is 1. The number of methoxy groups -OCH3 is 1. The first-order valence-corrected chi connectivity index (χ1v) is 7.31. The van der Waals surface area contributed by atoms with Crippen LogP contribution in [0.25, 0.3) is 11.1 Å². The molecule has 0 N–H and O–H groups in total. The monoisotopic (exact) mass is 325 g/mol. The van der Waals surface area contributed by atoms with Crippen LogP contribution in [-0.2, 0) is 11.3 Å². The normalized spacial score (nSPS) is 10.8. The Labute approximate surface area is 137 Å². The number of carbonyl (C=O) groups is 2. The maximum absolute atomic E-state index is 12.1. The SMILES string of the molecule is COC(=O)c1cccc(Cn2c(=O)oc3cc(C(C)=O)ccc32)c1. The van der Waals surface area contributed by atoms with Crippen LogP contribution < -0.4 is 5.76 Å². The minimum absolute atomic E-state index is 0.0990. The van der Waals surface area contributed by atoms with Gasteiger partial charge >= 0.3 is 11.7 Å². The molecule has 6 heteroatoms. The number of aromatic nitrogens is 1. The average molecular weight is 325 g/mol. The highest BCUT2D eigenvalue weighted by Gasteiger charge is 2.13. The average Bonchev–Trinajstić information content (AvgIpc) is 2.89. The molecule has 1 aromatic heterocycles. The Balaban J connectivity index is 2.01. The molecule has 122 valence electrons. The van der Waals surface area contributed by atoms with Gasteiger partial charge in [-0.05, 0) is 42.8 Å². The third-order valence-corrected chi connectivity index (χ3v) is 3.76. The van der Waals surface area contributed by atoms with E-state index in [2.05, 4.69) is 0 Å². The van der Waals surface area contributed by atoms with Crippen LogP contribution in [0.15, 0.2) is 51.7 Å². The standard InChI is InChI=1S/C18H15NO5/c1-11(20)13-6-7-15-16(9-13)24-18(22)19(15)10-12-4-3-5-14(8-12)17(21)23-2/h3-9H,10H2,1-2H3. The second-order valence-electron chi connectivity index (χ2n) is 5.38. The predicted octanol–water partition coefficient (Wildman–Crippen LogP) is 2.63. The largest absolute Gasteiger partial charge is 0.465 e. The molecule has 0 radical (unpaired) electrons. The molecule has 3 rings (SSSR count). The first-order valence-electron chi connectivity index (χ1n) is 7.31. The molecular weight excluding hydrogens is 310 g/mol. The third-order valence-electron chi connectivity index (χ3n) is 3.76. The van der Waals surface area contributed by atoms with E-state index in [0.29, 0.717) is 22.2 Å². The molecule has 2 aromatic carbocycles. The number of benzene rings is 2. The van der Waals surface area contributed by atoms with Crippen LogP contribution in [0.2, 0.25) is 0 Å². The molecule has 0 amide bonds. The summed E-state index contributed by atoms with van der Waals surface area (Å²) in [5.74, 6) is -1.06. The first kappa shape index (κ1) is 15.7. The molecule has 0 fully saturated rings. The minimum Gasteiger partial charge on any atom is -0.465 e. The van der Waals surface area contributed by atoms with E-state index in [1.807, 2.05) is 6.07 Å². The number of ketones is 1. The van der Waals surface area contributed by atoms with Crippen molar-refractivity contribution < 1.29 is 18.7 Å². The molecular formula is C18H15NO5. The van der Waals surface area contributed by atoms with Gasteiger partial charge in [0, 0.05) is 5.56 Å². The van der Waals surface area contributed by atoms with Crippen LogP contribution >= 0.6 is 0 Å². The summed E-state index contributed by atoms with van der Waals surface area (Å²) in [6.07, 6.45) is 0. The van der Waals surface area contributed by atoms with Crippen molar-refractivity contribution in [3.8, 4) is 0 Å². The summed E-state index contributed by atoms with van der Waals surface area (Å²) in [5, 5.41) is 0. The smallest absolute Gasteiger partial charge is 0.420 e. The number of oxazole rings is 1. The molecule has 0 saturated carbocycles. The zero-order valence-corrected chi connectivity index (χ0v) is 13.2. The Hall–Kier alpha value is -3.15. The number of rotatable bonds is 4. The van der Waals surface area contributed by atoms with Crippen molar-refractivity contribution in [3.63, 3.8) is 0 Å². The Morgan fingerprint density at radius 2 is 1.92 bits per heavy atom. The third kappa shape index (κ3) is 2.86. The van der Waals surface area contributed by atoms with Gasteiger partial charge in [-0.15, -0.1) is 0 Å². The van der Waals surface area contributed by atoms with Crippen LogP contribution in [0.1, 0.15) is 33.2 Å². The predicted molar refractivity (Wildman–Crippen MR) is 87.4 cm³/mol. The summed E-state index contributed by atoms with van der Waals surface area (Å²) in [6.45, 7) is 1.70. The zero-order chi connectivity index (χ0) is 17.3. The van der Waals surface area contributed by atoms with Crippen molar-refractivity contribution in [1.29, 1.82) is 0 Å². The molecule has 0 atom stereocenters. The molecule has 0 spiro atoms. The van der Waals surface area contributed by atoms with Gasteiger partial charge in [-0.2, -0.15) is 0 Å². The van der Waals surface area contributed by atoms with E-state index >= 15 is 0 Å². The van der Waals surface area contributed by atoms with Gasteiger partial charge in [0.2, 0.25) is 0 Å². The van der Waals surface area contributed by atoms with Crippen molar-refractivity contribution in [2.75, 3.05) is 7.11 Å². The van der Waals surface area contributed by atoms with Gasteiger partial charge in [0.15, 0.2) is 11.4 Å². The lowest BCUT2D eigenvalue weighted by Crippen LogP contribution is -2.15. The molecule has 0 unspecified atom stereocenters. The number of ether oxygens (including phenoxy) is 1. The van der Waals surface area contributed by atoms with Gasteiger partial charge in [0.25, 0.3) is 0 Å². The molecule has 0 aliphatic heterocycles. The minimum atomic E-state index is -0.519. The molecule has 0 aliphatic rings. The molecule has 0 aliphatic carbocycles. The number of fused-ring (bicyclic) bond motifs is 1. The maximum atomic E-state index is 12.1. The molecule has 3 aromatic rings. The molecule has 0 saturated heterocycles. The lowest BCUT2D eigenvalue weighted by atomic mass is 10.1. The highest BCUT2D eigenvalue weighted by Crippen LogP contribution is 2.17. The van der Waals surface area contributed by atoms with Crippen LogP contribution in [0.5, 0.6) is 0 Å². The number of hydrogen-bond acceptors (Lipinski definition) is 5. The number of esters is 1. The topological polar surface area (TPSA) is 78.5 Å². The van der Waals surface area contributed by atoms with Crippen LogP contribution in [0.3, 0.4) is 0 Å². The molecule has 6 nitrogen and oxygen atoms in total. The fourth-order valence-corrected chi connectivity index (χ4v) is 2.53. The fourth-order valence-electron chi connectivity index (χ4n) is 2.53. The van der Waals surface area contributed by atoms with Crippen LogP contribution in [0.4, 0.5) is 0 Å².